The number of aromatic hydroxyl groups is 6. The molecule has 6 N–H and O–H groups in total. The lowest BCUT2D eigenvalue weighted by atomic mass is 9.79. The minimum atomic E-state index is -0.687. The Kier molecular flexibility index (Phi) is 2.93. The molecular weight excluding hydrogens is 464 g/mol. The van der Waals surface area contributed by atoms with Crippen LogP contribution < -0.4 is 10.9 Å². The molecule has 0 aliphatic rings. The lowest BCUT2D eigenvalue weighted by Gasteiger charge is -2.24. The van der Waals surface area contributed by atoms with Gasteiger partial charge in [0, 0.05) is 55.2 Å². The van der Waals surface area contributed by atoms with Crippen molar-refractivity contribution in [2.75, 3.05) is 0 Å². The van der Waals surface area contributed by atoms with Crippen molar-refractivity contribution in [3.8, 4) is 34.5 Å². The molecule has 0 fully saturated rings. The Morgan fingerprint density at radius 1 is 0.361 bits per heavy atom. The quantitative estimate of drug-likeness (QED) is 0.138. The van der Waals surface area contributed by atoms with Crippen LogP contribution in [0.5, 0.6) is 34.5 Å². The summed E-state index contributed by atoms with van der Waals surface area (Å²) in [5, 5.41) is 68.2. The minimum Gasteiger partial charge on any atom is -0.507 e. The van der Waals surface area contributed by atoms with Crippen molar-refractivity contribution in [1.82, 2.24) is 0 Å². The first-order chi connectivity index (χ1) is 17.2. The molecule has 0 bridgehead atoms. The van der Waals surface area contributed by atoms with Gasteiger partial charge in [-0.3, -0.25) is 9.59 Å². The third-order valence-electron chi connectivity index (χ3n) is 7.64. The zero-order valence-electron chi connectivity index (χ0n) is 18.0. The predicted molar refractivity (Wildman–Crippen MR) is 136 cm³/mol. The molecule has 8 aromatic carbocycles. The fourth-order valence-electron chi connectivity index (χ4n) is 6.40. The van der Waals surface area contributed by atoms with Gasteiger partial charge in [-0.25, -0.2) is 0 Å². The lowest BCUT2D eigenvalue weighted by molar-refractivity contribution is 0.458. The molecule has 172 valence electrons. The highest BCUT2D eigenvalue weighted by atomic mass is 16.3. The normalized spacial score (nSPS) is 12.8. The largest absolute Gasteiger partial charge is 0.507 e. The topological polar surface area (TPSA) is 156 Å². The number of fused-ring (bicyclic) bond motifs is 2. The molecule has 0 spiro atoms. The maximum Gasteiger partial charge on any atom is 0.190 e. The summed E-state index contributed by atoms with van der Waals surface area (Å²) in [5.74, 6) is -2.49. The van der Waals surface area contributed by atoms with E-state index in [4.69, 9.17) is 0 Å². The second kappa shape index (κ2) is 5.52. The summed E-state index contributed by atoms with van der Waals surface area (Å²) in [6.45, 7) is 0. The van der Waals surface area contributed by atoms with Crippen LogP contribution in [-0.4, -0.2) is 30.6 Å². The molecule has 36 heavy (non-hydrogen) atoms. The number of rotatable bonds is 0. The third-order valence-corrected chi connectivity index (χ3v) is 7.64. The fourth-order valence-corrected chi connectivity index (χ4v) is 6.40. The summed E-state index contributed by atoms with van der Waals surface area (Å²) in [6.07, 6.45) is 0. The van der Waals surface area contributed by atoms with Crippen LogP contribution in [0.4, 0.5) is 0 Å². The van der Waals surface area contributed by atoms with E-state index in [0.29, 0.717) is 32.3 Å². The van der Waals surface area contributed by atoms with Gasteiger partial charge >= 0.3 is 0 Å². The lowest BCUT2D eigenvalue weighted by Crippen LogP contribution is -2.10. The standard InChI is InChI=1S/C28H12O8/c29-9-3-1-7-8-2-4-10(30)20-16(8)24-23-15(7)19(9)27(35)21-13(33)5-11(31)17(25(21)23)18-12(32)6-14(34)22(26(18)24)28(20)36/h1-6,29-30,33-36H. The molecule has 0 unspecified atom stereocenters. The predicted octanol–water partition coefficient (Wildman–Crippen LogP) is 4.46. The van der Waals surface area contributed by atoms with E-state index in [1.807, 2.05) is 0 Å². The summed E-state index contributed by atoms with van der Waals surface area (Å²) >= 11 is 0. The van der Waals surface area contributed by atoms with Crippen molar-refractivity contribution in [3.63, 3.8) is 0 Å². The van der Waals surface area contributed by atoms with E-state index in [1.54, 1.807) is 12.1 Å². The maximum atomic E-state index is 13.3. The Hall–Kier alpha value is -5.24. The Labute approximate surface area is 197 Å². The van der Waals surface area contributed by atoms with Gasteiger partial charge in [0.2, 0.25) is 0 Å². The van der Waals surface area contributed by atoms with Gasteiger partial charge in [-0.05, 0) is 22.9 Å². The van der Waals surface area contributed by atoms with Crippen LogP contribution in [0.3, 0.4) is 0 Å². The highest BCUT2D eigenvalue weighted by Crippen LogP contribution is 2.58. The van der Waals surface area contributed by atoms with Gasteiger partial charge in [-0.15, -0.1) is 0 Å². The maximum absolute atomic E-state index is 13.3. The van der Waals surface area contributed by atoms with Crippen molar-refractivity contribution in [3.05, 3.63) is 56.8 Å². The van der Waals surface area contributed by atoms with Crippen LogP contribution in [0.2, 0.25) is 0 Å². The van der Waals surface area contributed by atoms with Gasteiger partial charge in [0.15, 0.2) is 10.9 Å². The molecule has 0 aromatic heterocycles. The van der Waals surface area contributed by atoms with Gasteiger partial charge in [-0.1, -0.05) is 12.1 Å². The smallest absolute Gasteiger partial charge is 0.190 e. The Morgan fingerprint density at radius 2 is 0.694 bits per heavy atom. The van der Waals surface area contributed by atoms with Crippen molar-refractivity contribution < 1.29 is 30.6 Å². The highest BCUT2D eigenvalue weighted by Gasteiger charge is 2.31. The average molecular weight is 476 g/mol. The fraction of sp³-hybridized carbons (Fsp3) is 0. The molecule has 0 radical (unpaired) electrons. The summed E-state index contributed by atoms with van der Waals surface area (Å²) in [4.78, 5) is 26.6. The van der Waals surface area contributed by atoms with Gasteiger partial charge in [0.25, 0.3) is 0 Å². The van der Waals surface area contributed by atoms with Crippen molar-refractivity contribution in [2.45, 2.75) is 0 Å². The van der Waals surface area contributed by atoms with Crippen LogP contribution >= 0.6 is 0 Å². The summed E-state index contributed by atoms with van der Waals surface area (Å²) < 4.78 is 0. The van der Waals surface area contributed by atoms with E-state index >= 15 is 0 Å². The minimum absolute atomic E-state index is 0.0361. The molecule has 0 saturated heterocycles. The Bertz CT molecular complexity index is 2240. The number of phenols is 6. The van der Waals surface area contributed by atoms with Gasteiger partial charge in [0.05, 0.1) is 21.5 Å². The van der Waals surface area contributed by atoms with Crippen LogP contribution in [-0.2, 0) is 0 Å². The molecule has 8 heteroatoms. The molecule has 8 aromatic rings. The first kappa shape index (κ1) is 19.1. The molecule has 8 rings (SSSR count). The van der Waals surface area contributed by atoms with Gasteiger partial charge < -0.3 is 30.6 Å². The Morgan fingerprint density at radius 3 is 1.08 bits per heavy atom. The van der Waals surface area contributed by atoms with E-state index in [1.165, 1.54) is 12.1 Å². The molecule has 0 amide bonds. The molecule has 0 atom stereocenters. The highest BCUT2D eigenvalue weighted by molar-refractivity contribution is 6.51. The number of phenolic OH excluding ortho intramolecular Hbond substituents is 6. The SMILES string of the molecule is O=c1cc(O)c2c(O)c3c(O)ccc4c5ccc(O)c6c(O)c7c(O)cc(=O)c8c1c2c(c34)c(c65)c78. The molecule has 0 aliphatic heterocycles. The van der Waals surface area contributed by atoms with E-state index in [2.05, 4.69) is 0 Å². The summed E-state index contributed by atoms with van der Waals surface area (Å²) in [5.41, 5.74) is -1.37. The monoisotopic (exact) mass is 476 g/mol. The van der Waals surface area contributed by atoms with Gasteiger partial charge in [-0.2, -0.15) is 0 Å². The van der Waals surface area contributed by atoms with Crippen LogP contribution in [0.1, 0.15) is 0 Å². The number of hydrogen-bond donors (Lipinski definition) is 6. The van der Waals surface area contributed by atoms with Crippen LogP contribution in [0.15, 0.2) is 46.0 Å². The molecular formula is C28H12O8. The zero-order chi connectivity index (χ0) is 24.9. The first-order valence-electron chi connectivity index (χ1n) is 11.0. The summed E-state index contributed by atoms with van der Waals surface area (Å²) in [6, 6.07) is 7.79. The van der Waals surface area contributed by atoms with Gasteiger partial charge in [0.1, 0.15) is 34.5 Å². The average Bonchev–Trinajstić information content (AvgIpc) is 2.82. The van der Waals surface area contributed by atoms with E-state index in [9.17, 15) is 40.2 Å². The van der Waals surface area contributed by atoms with E-state index in [0.717, 1.165) is 12.1 Å². The molecule has 0 heterocycles. The van der Waals surface area contributed by atoms with E-state index < -0.39 is 33.9 Å². The Balaban J connectivity index is 2.02. The molecule has 8 nitrogen and oxygen atoms in total. The second-order valence-electron chi connectivity index (χ2n) is 9.25. The third kappa shape index (κ3) is 1.74. The number of benzene rings is 8. The molecule has 0 saturated carbocycles. The van der Waals surface area contributed by atoms with Crippen LogP contribution in [0, 0.1) is 0 Å². The first-order valence-corrected chi connectivity index (χ1v) is 11.0. The van der Waals surface area contributed by atoms with Crippen LogP contribution in [0.25, 0.3) is 75.4 Å². The van der Waals surface area contributed by atoms with Crippen molar-refractivity contribution >= 4 is 75.4 Å². The van der Waals surface area contributed by atoms with Crippen molar-refractivity contribution in [2.24, 2.45) is 0 Å². The molecule has 0 aliphatic carbocycles. The summed E-state index contributed by atoms with van der Waals surface area (Å²) in [7, 11) is 0. The second-order valence-corrected chi connectivity index (χ2v) is 9.25. The number of hydrogen-bond acceptors (Lipinski definition) is 8. The zero-order valence-corrected chi connectivity index (χ0v) is 18.0. The van der Waals surface area contributed by atoms with Crippen molar-refractivity contribution in [1.29, 1.82) is 0 Å². The van der Waals surface area contributed by atoms with E-state index in [-0.39, 0.29) is 54.6 Å².